The average Bonchev–Trinajstić information content (AvgIpc) is 2.95. The smallest absolute Gasteiger partial charge is 0.332 e. The minimum Gasteiger partial charge on any atom is -0.479 e. The number of aliphatic carboxylic acids is 1. The molecule has 14 atom stereocenters. The highest BCUT2D eigenvalue weighted by Gasteiger charge is 2.50. The molecule has 41 heavy (non-hydrogen) atoms. The fraction of sp³-hybridized carbons (Fsp3) is 0.963. The van der Waals surface area contributed by atoms with Crippen LogP contribution in [0, 0.1) is 5.92 Å². The molecular formula is C27H46O14. The Labute approximate surface area is 239 Å². The van der Waals surface area contributed by atoms with Gasteiger partial charge in [-0.3, -0.25) is 0 Å². The lowest BCUT2D eigenvalue weighted by Crippen LogP contribution is -2.63. The number of hydrogen-bond acceptors (Lipinski definition) is 13. The van der Waals surface area contributed by atoms with Crippen molar-refractivity contribution in [3.8, 4) is 0 Å². The Morgan fingerprint density at radius 3 is 2.15 bits per heavy atom. The van der Waals surface area contributed by atoms with Gasteiger partial charge in [-0.15, -0.1) is 0 Å². The van der Waals surface area contributed by atoms with Crippen LogP contribution in [-0.2, 0) is 33.2 Å². The maximum atomic E-state index is 12.1. The molecule has 14 nitrogen and oxygen atoms in total. The zero-order valence-corrected chi connectivity index (χ0v) is 23.5. The van der Waals surface area contributed by atoms with Gasteiger partial charge < -0.3 is 64.2 Å². The largest absolute Gasteiger partial charge is 0.479 e. The number of hydrogen-bond donors (Lipinski definition) is 7. The number of rotatable bonds is 10. The van der Waals surface area contributed by atoms with Crippen LogP contribution in [0.4, 0.5) is 0 Å². The fourth-order valence-electron chi connectivity index (χ4n) is 6.18. The van der Waals surface area contributed by atoms with Crippen LogP contribution in [0.2, 0.25) is 0 Å². The van der Waals surface area contributed by atoms with Gasteiger partial charge in [0.2, 0.25) is 0 Å². The highest BCUT2D eigenvalue weighted by molar-refractivity contribution is 5.72. The van der Waals surface area contributed by atoms with Crippen molar-refractivity contribution in [2.75, 3.05) is 13.2 Å². The number of carboxylic acid groups (broad SMARTS) is 1. The lowest BCUT2D eigenvalue weighted by molar-refractivity contribution is -0.355. The summed E-state index contributed by atoms with van der Waals surface area (Å²) in [5, 5.41) is 72.4. The first-order valence-corrected chi connectivity index (χ1v) is 14.6. The van der Waals surface area contributed by atoms with Crippen LogP contribution in [-0.4, -0.2) is 141 Å². The summed E-state index contributed by atoms with van der Waals surface area (Å²) in [6, 6.07) is 0. The van der Waals surface area contributed by atoms with E-state index in [2.05, 4.69) is 0 Å². The predicted octanol–water partition coefficient (Wildman–Crippen LogP) is -1.36. The van der Waals surface area contributed by atoms with E-state index in [4.69, 9.17) is 28.4 Å². The second-order valence-electron chi connectivity index (χ2n) is 11.7. The molecule has 3 aliphatic heterocycles. The minimum atomic E-state index is -1.62. The van der Waals surface area contributed by atoms with Crippen molar-refractivity contribution in [2.45, 2.75) is 145 Å². The van der Waals surface area contributed by atoms with Crippen molar-refractivity contribution >= 4 is 5.97 Å². The molecule has 1 unspecified atom stereocenters. The van der Waals surface area contributed by atoms with E-state index in [9.17, 15) is 40.5 Å². The van der Waals surface area contributed by atoms with Crippen LogP contribution in [0.5, 0.6) is 0 Å². The van der Waals surface area contributed by atoms with Crippen molar-refractivity contribution < 1.29 is 69.0 Å². The molecular weight excluding hydrogens is 548 g/mol. The van der Waals surface area contributed by atoms with Crippen molar-refractivity contribution in [2.24, 2.45) is 5.92 Å². The van der Waals surface area contributed by atoms with Gasteiger partial charge >= 0.3 is 5.97 Å². The Hall–Kier alpha value is -1.01. The number of carbonyl (C=O) groups is 1. The Balaban J connectivity index is 1.46. The van der Waals surface area contributed by atoms with Crippen LogP contribution in [0.3, 0.4) is 0 Å². The molecule has 7 N–H and O–H groups in total. The predicted molar refractivity (Wildman–Crippen MR) is 137 cm³/mol. The van der Waals surface area contributed by atoms with E-state index in [0.29, 0.717) is 0 Å². The van der Waals surface area contributed by atoms with Gasteiger partial charge in [-0.1, -0.05) is 32.1 Å². The second-order valence-corrected chi connectivity index (χ2v) is 11.7. The molecule has 0 radical (unpaired) electrons. The van der Waals surface area contributed by atoms with E-state index < -0.39 is 98.4 Å². The highest BCUT2D eigenvalue weighted by Crippen LogP contribution is 2.34. The zero-order valence-electron chi connectivity index (χ0n) is 23.5. The number of aliphatic hydroxyl groups is 6. The standard InChI is InChI=1S/C27H46O14/c1-12-18(29)20(31)21(32)26(37-12)41-23-13(2)36-9-8-15(23)39-27-22(33)24(19(30)17(11-28)40-27)38-16(25(34)35)10-14-6-4-3-5-7-14/h12-24,26-33H,3-11H2,1-2H3,(H,34,35)/t12-,13?,15+,16-,17+,18+,19-,20+,21-,22+,23+,24-,26-,27+/m0/s1. The summed E-state index contributed by atoms with van der Waals surface area (Å²) in [4.78, 5) is 12.1. The third kappa shape index (κ3) is 7.75. The summed E-state index contributed by atoms with van der Waals surface area (Å²) in [5.74, 6) is -1.06. The van der Waals surface area contributed by atoms with Gasteiger partial charge in [-0.05, 0) is 32.6 Å². The summed E-state index contributed by atoms with van der Waals surface area (Å²) < 4.78 is 34.8. The van der Waals surface area contributed by atoms with Gasteiger partial charge in [-0.2, -0.15) is 0 Å². The molecule has 238 valence electrons. The van der Waals surface area contributed by atoms with Crippen LogP contribution in [0.25, 0.3) is 0 Å². The van der Waals surface area contributed by atoms with Crippen LogP contribution in [0.1, 0.15) is 58.8 Å². The topological polar surface area (TPSA) is 214 Å². The summed E-state index contributed by atoms with van der Waals surface area (Å²) in [6.45, 7) is 2.85. The van der Waals surface area contributed by atoms with Gasteiger partial charge in [0.15, 0.2) is 18.7 Å². The molecule has 0 aromatic heterocycles. The first-order chi connectivity index (χ1) is 19.5. The molecule has 1 saturated carbocycles. The van der Waals surface area contributed by atoms with E-state index in [0.717, 1.165) is 32.1 Å². The van der Waals surface area contributed by atoms with Crippen molar-refractivity contribution in [3.05, 3.63) is 0 Å². The first kappa shape index (κ1) is 32.9. The quantitative estimate of drug-likeness (QED) is 0.156. The van der Waals surface area contributed by atoms with Gasteiger partial charge in [0.05, 0.1) is 24.9 Å². The SMILES string of the molecule is CC1OCC[C@@H](O[C@@H]2O[C@H](CO)[C@H](O)[C@H](O[C@@H](CC3CCCCC3)C(=O)O)[C@H]2O)[C@@H]1O[C@@H]1O[C@@H](C)[C@@H](O)[C@@H](O)[C@@H]1O. The summed E-state index contributed by atoms with van der Waals surface area (Å²) >= 11 is 0. The monoisotopic (exact) mass is 594 g/mol. The summed E-state index contributed by atoms with van der Waals surface area (Å²) in [6.07, 6.45) is -11.9. The highest BCUT2D eigenvalue weighted by atomic mass is 16.7. The summed E-state index contributed by atoms with van der Waals surface area (Å²) in [7, 11) is 0. The first-order valence-electron chi connectivity index (χ1n) is 14.6. The molecule has 3 saturated heterocycles. The molecule has 0 bridgehead atoms. The van der Waals surface area contributed by atoms with Gasteiger partial charge in [0.1, 0.15) is 48.8 Å². The molecule has 0 spiro atoms. The van der Waals surface area contributed by atoms with Gasteiger partial charge in [-0.25, -0.2) is 4.79 Å². The molecule has 1 aliphatic carbocycles. The fourth-order valence-corrected chi connectivity index (χ4v) is 6.18. The average molecular weight is 595 g/mol. The second kappa shape index (κ2) is 14.6. The van der Waals surface area contributed by atoms with Gasteiger partial charge in [0.25, 0.3) is 0 Å². The van der Waals surface area contributed by atoms with E-state index >= 15 is 0 Å². The number of carboxylic acids is 1. The van der Waals surface area contributed by atoms with Crippen LogP contribution in [0.15, 0.2) is 0 Å². The lowest BCUT2D eigenvalue weighted by atomic mass is 9.85. The Morgan fingerprint density at radius 1 is 0.805 bits per heavy atom. The molecule has 14 heteroatoms. The van der Waals surface area contributed by atoms with E-state index in [1.807, 2.05) is 0 Å². The van der Waals surface area contributed by atoms with Crippen molar-refractivity contribution in [1.29, 1.82) is 0 Å². The third-order valence-electron chi connectivity index (χ3n) is 8.71. The molecule has 0 amide bonds. The minimum absolute atomic E-state index is 0.154. The van der Waals surface area contributed by atoms with E-state index in [1.165, 1.54) is 6.92 Å². The Kier molecular flexibility index (Phi) is 11.7. The molecule has 4 aliphatic rings. The third-order valence-corrected chi connectivity index (χ3v) is 8.71. The summed E-state index contributed by atoms with van der Waals surface area (Å²) in [5.41, 5.74) is 0. The Morgan fingerprint density at radius 2 is 1.49 bits per heavy atom. The molecule has 3 heterocycles. The van der Waals surface area contributed by atoms with Crippen LogP contribution < -0.4 is 0 Å². The number of ether oxygens (including phenoxy) is 6. The maximum Gasteiger partial charge on any atom is 0.332 e. The normalized spacial score (nSPS) is 45.3. The zero-order chi connectivity index (χ0) is 29.8. The molecule has 0 aromatic carbocycles. The lowest BCUT2D eigenvalue weighted by Gasteiger charge is -2.46. The van der Waals surface area contributed by atoms with E-state index in [1.54, 1.807) is 6.92 Å². The number of aliphatic hydroxyl groups excluding tert-OH is 6. The van der Waals surface area contributed by atoms with Crippen LogP contribution >= 0.6 is 0 Å². The molecule has 0 aromatic rings. The molecule has 4 rings (SSSR count). The molecule has 4 fully saturated rings. The maximum absolute atomic E-state index is 12.1. The van der Waals surface area contributed by atoms with Crippen molar-refractivity contribution in [1.82, 2.24) is 0 Å². The van der Waals surface area contributed by atoms with Crippen molar-refractivity contribution in [3.63, 3.8) is 0 Å². The van der Waals surface area contributed by atoms with E-state index in [-0.39, 0.29) is 25.4 Å². The Bertz CT molecular complexity index is 826. The van der Waals surface area contributed by atoms with Gasteiger partial charge in [0, 0.05) is 6.61 Å².